The first-order chi connectivity index (χ1) is 10.2. The van der Waals surface area contributed by atoms with Crippen molar-refractivity contribution >= 4 is 17.8 Å². The summed E-state index contributed by atoms with van der Waals surface area (Å²) >= 11 is 0. The summed E-state index contributed by atoms with van der Waals surface area (Å²) in [6.45, 7) is 2.35. The molecule has 1 aromatic carbocycles. The highest BCUT2D eigenvalue weighted by atomic mass is 19.1. The second-order valence-electron chi connectivity index (χ2n) is 4.62. The molecule has 0 radical (unpaired) electrons. The summed E-state index contributed by atoms with van der Waals surface area (Å²) in [7, 11) is 0. The Balaban J connectivity index is 3.03. The SMILES string of the molecule is CC(=O)NCCN(C(=O)c1cc(F)ccc1F)C(C)C(=O)O. The zero-order chi connectivity index (χ0) is 16.9. The number of amides is 2. The maximum atomic E-state index is 13.7. The van der Waals surface area contributed by atoms with Gasteiger partial charge in [-0.1, -0.05) is 0 Å². The minimum Gasteiger partial charge on any atom is -0.480 e. The number of hydrogen-bond donors (Lipinski definition) is 2. The van der Waals surface area contributed by atoms with E-state index in [9.17, 15) is 23.2 Å². The van der Waals surface area contributed by atoms with Crippen LogP contribution in [0.15, 0.2) is 18.2 Å². The van der Waals surface area contributed by atoms with Crippen LogP contribution in [-0.2, 0) is 9.59 Å². The van der Waals surface area contributed by atoms with Gasteiger partial charge in [0.25, 0.3) is 5.91 Å². The molecule has 22 heavy (non-hydrogen) atoms. The normalized spacial score (nSPS) is 11.6. The van der Waals surface area contributed by atoms with E-state index >= 15 is 0 Å². The van der Waals surface area contributed by atoms with Gasteiger partial charge < -0.3 is 15.3 Å². The smallest absolute Gasteiger partial charge is 0.326 e. The molecule has 1 atom stereocenters. The molecule has 1 unspecified atom stereocenters. The van der Waals surface area contributed by atoms with Crippen molar-refractivity contribution in [1.29, 1.82) is 0 Å². The van der Waals surface area contributed by atoms with Crippen LogP contribution < -0.4 is 5.32 Å². The van der Waals surface area contributed by atoms with Gasteiger partial charge in [-0.3, -0.25) is 9.59 Å². The largest absolute Gasteiger partial charge is 0.480 e. The van der Waals surface area contributed by atoms with E-state index in [4.69, 9.17) is 5.11 Å². The Hall–Kier alpha value is -2.51. The molecule has 0 bridgehead atoms. The molecular weight excluding hydrogens is 298 g/mol. The molecule has 0 saturated carbocycles. The monoisotopic (exact) mass is 314 g/mol. The summed E-state index contributed by atoms with van der Waals surface area (Å²) in [5, 5.41) is 11.4. The van der Waals surface area contributed by atoms with Crippen LogP contribution in [-0.4, -0.2) is 46.9 Å². The third-order valence-corrected chi connectivity index (χ3v) is 2.97. The van der Waals surface area contributed by atoms with Crippen molar-refractivity contribution in [1.82, 2.24) is 10.2 Å². The van der Waals surface area contributed by atoms with E-state index in [1.165, 1.54) is 13.8 Å². The molecule has 8 heteroatoms. The minimum atomic E-state index is -1.30. The van der Waals surface area contributed by atoms with Crippen molar-refractivity contribution in [3.05, 3.63) is 35.4 Å². The van der Waals surface area contributed by atoms with Crippen molar-refractivity contribution in [2.75, 3.05) is 13.1 Å². The van der Waals surface area contributed by atoms with Gasteiger partial charge in [0, 0.05) is 20.0 Å². The number of hydrogen-bond acceptors (Lipinski definition) is 3. The van der Waals surface area contributed by atoms with E-state index in [0.717, 1.165) is 17.0 Å². The number of carboxylic acids is 1. The Morgan fingerprint density at radius 3 is 2.50 bits per heavy atom. The van der Waals surface area contributed by atoms with Gasteiger partial charge in [0.15, 0.2) is 0 Å². The summed E-state index contributed by atoms with van der Waals surface area (Å²) < 4.78 is 26.8. The summed E-state index contributed by atoms with van der Waals surface area (Å²) in [5.74, 6) is -4.37. The molecule has 0 spiro atoms. The quantitative estimate of drug-likeness (QED) is 0.820. The van der Waals surface area contributed by atoms with Gasteiger partial charge in [-0.25, -0.2) is 13.6 Å². The zero-order valence-corrected chi connectivity index (χ0v) is 12.1. The third-order valence-electron chi connectivity index (χ3n) is 2.97. The summed E-state index contributed by atoms with van der Waals surface area (Å²) in [6, 6.07) is 1.09. The first-order valence-electron chi connectivity index (χ1n) is 6.47. The van der Waals surface area contributed by atoms with Gasteiger partial charge in [-0.15, -0.1) is 0 Å². The highest BCUT2D eigenvalue weighted by molar-refractivity contribution is 5.96. The molecular formula is C14H16F2N2O4. The van der Waals surface area contributed by atoms with Gasteiger partial charge in [-0.05, 0) is 25.1 Å². The van der Waals surface area contributed by atoms with Crippen molar-refractivity contribution in [2.24, 2.45) is 0 Å². The predicted octanol–water partition coefficient (Wildman–Crippen LogP) is 1.02. The molecule has 0 aliphatic carbocycles. The lowest BCUT2D eigenvalue weighted by atomic mass is 10.1. The van der Waals surface area contributed by atoms with E-state index < -0.39 is 35.1 Å². The van der Waals surface area contributed by atoms with Gasteiger partial charge in [0.2, 0.25) is 5.91 Å². The van der Waals surface area contributed by atoms with Crippen LogP contribution in [0.5, 0.6) is 0 Å². The summed E-state index contributed by atoms with van der Waals surface area (Å²) in [6.07, 6.45) is 0. The third kappa shape index (κ3) is 4.51. The molecule has 6 nitrogen and oxygen atoms in total. The molecule has 120 valence electrons. The van der Waals surface area contributed by atoms with E-state index in [1.54, 1.807) is 0 Å². The second-order valence-corrected chi connectivity index (χ2v) is 4.62. The molecule has 0 aliphatic heterocycles. The van der Waals surface area contributed by atoms with Gasteiger partial charge in [-0.2, -0.15) is 0 Å². The maximum absolute atomic E-state index is 13.7. The molecule has 2 amide bonds. The van der Waals surface area contributed by atoms with Gasteiger partial charge in [0.05, 0.1) is 5.56 Å². The van der Waals surface area contributed by atoms with Crippen LogP contribution in [0.1, 0.15) is 24.2 Å². The zero-order valence-electron chi connectivity index (χ0n) is 12.1. The summed E-state index contributed by atoms with van der Waals surface area (Å²) in [5.41, 5.74) is -0.559. The average molecular weight is 314 g/mol. The molecule has 1 aromatic rings. The lowest BCUT2D eigenvalue weighted by molar-refractivity contribution is -0.141. The Morgan fingerprint density at radius 2 is 1.95 bits per heavy atom. The van der Waals surface area contributed by atoms with Crippen molar-refractivity contribution in [2.45, 2.75) is 19.9 Å². The maximum Gasteiger partial charge on any atom is 0.326 e. The Morgan fingerprint density at radius 1 is 1.32 bits per heavy atom. The number of halogens is 2. The number of nitrogens with one attached hydrogen (secondary N) is 1. The van der Waals surface area contributed by atoms with Crippen molar-refractivity contribution < 1.29 is 28.3 Å². The van der Waals surface area contributed by atoms with Crippen LogP contribution in [0.2, 0.25) is 0 Å². The first-order valence-corrected chi connectivity index (χ1v) is 6.47. The number of carboxylic acid groups (broad SMARTS) is 1. The first kappa shape index (κ1) is 17.5. The number of carbonyl (C=O) groups excluding carboxylic acids is 2. The Labute approximate surface area is 125 Å². The van der Waals surface area contributed by atoms with E-state index in [-0.39, 0.29) is 19.0 Å². The molecule has 0 fully saturated rings. The standard InChI is InChI=1S/C14H16F2N2O4/c1-8(14(21)22)18(6-5-17-9(2)19)13(20)11-7-10(15)3-4-12(11)16/h3-4,7-8H,5-6H2,1-2H3,(H,17,19)(H,21,22). The Bertz CT molecular complexity index is 592. The second kappa shape index (κ2) is 7.48. The average Bonchev–Trinajstić information content (AvgIpc) is 2.44. The number of aliphatic carboxylic acids is 1. The fraction of sp³-hybridized carbons (Fsp3) is 0.357. The van der Waals surface area contributed by atoms with Crippen LogP contribution in [0.4, 0.5) is 8.78 Å². The van der Waals surface area contributed by atoms with E-state index in [2.05, 4.69) is 5.32 Å². The predicted molar refractivity (Wildman–Crippen MR) is 73.2 cm³/mol. The number of benzene rings is 1. The molecule has 0 aliphatic rings. The highest BCUT2D eigenvalue weighted by Crippen LogP contribution is 2.14. The van der Waals surface area contributed by atoms with E-state index in [1.807, 2.05) is 0 Å². The van der Waals surface area contributed by atoms with Crippen LogP contribution in [0.25, 0.3) is 0 Å². The van der Waals surface area contributed by atoms with Crippen molar-refractivity contribution in [3.8, 4) is 0 Å². The van der Waals surface area contributed by atoms with Crippen LogP contribution in [0.3, 0.4) is 0 Å². The van der Waals surface area contributed by atoms with E-state index in [0.29, 0.717) is 6.07 Å². The molecule has 0 aromatic heterocycles. The molecule has 0 heterocycles. The van der Waals surface area contributed by atoms with Crippen molar-refractivity contribution in [3.63, 3.8) is 0 Å². The highest BCUT2D eigenvalue weighted by Gasteiger charge is 2.28. The Kier molecular flexibility index (Phi) is 5.97. The molecule has 1 rings (SSSR count). The minimum absolute atomic E-state index is 0.00434. The van der Waals surface area contributed by atoms with Crippen LogP contribution in [0, 0.1) is 11.6 Å². The van der Waals surface area contributed by atoms with Gasteiger partial charge >= 0.3 is 5.97 Å². The number of nitrogens with zero attached hydrogens (tertiary/aromatic N) is 1. The molecule has 2 N–H and O–H groups in total. The topological polar surface area (TPSA) is 86.7 Å². The molecule has 0 saturated heterocycles. The fourth-order valence-corrected chi connectivity index (χ4v) is 1.77. The fourth-order valence-electron chi connectivity index (χ4n) is 1.77. The lowest BCUT2D eigenvalue weighted by Gasteiger charge is -2.26. The number of carbonyl (C=O) groups is 3. The van der Waals surface area contributed by atoms with Crippen LogP contribution >= 0.6 is 0 Å². The lowest BCUT2D eigenvalue weighted by Crippen LogP contribution is -2.47. The van der Waals surface area contributed by atoms with Gasteiger partial charge in [0.1, 0.15) is 17.7 Å². The number of rotatable bonds is 6. The summed E-state index contributed by atoms with van der Waals surface area (Å²) in [4.78, 5) is 35.0.